The molecule has 0 radical (unpaired) electrons. The molecule has 0 heterocycles. The third-order valence-corrected chi connectivity index (χ3v) is 4.84. The molecule has 0 aliphatic carbocycles. The first-order valence-corrected chi connectivity index (χ1v) is 8.05. The van der Waals surface area contributed by atoms with Crippen LogP contribution in [0.15, 0.2) is 36.4 Å². The Kier molecular flexibility index (Phi) is 5.54. The van der Waals surface area contributed by atoms with E-state index in [9.17, 15) is 0 Å². The molecule has 0 N–H and O–H groups in total. The Bertz CT molecular complexity index is 628. The Morgan fingerprint density at radius 1 is 1.05 bits per heavy atom. The van der Waals surface area contributed by atoms with E-state index in [0.29, 0.717) is 16.5 Å². The number of ether oxygens (including phenoxy) is 2. The third-order valence-electron chi connectivity index (χ3n) is 3.50. The maximum Gasteiger partial charge on any atom is 0.145 e. The number of methoxy groups -OCH3 is 2. The van der Waals surface area contributed by atoms with Crippen molar-refractivity contribution < 1.29 is 9.47 Å². The first kappa shape index (κ1) is 16.2. The van der Waals surface area contributed by atoms with Crippen LogP contribution in [0.5, 0.6) is 11.5 Å². The van der Waals surface area contributed by atoms with Gasteiger partial charge in [0.15, 0.2) is 0 Å². The highest BCUT2D eigenvalue weighted by atomic mass is 79.9. The molecule has 0 bridgehead atoms. The average Bonchev–Trinajstić information content (AvgIpc) is 2.53. The van der Waals surface area contributed by atoms with Crippen LogP contribution in [0.3, 0.4) is 0 Å². The fourth-order valence-corrected chi connectivity index (χ4v) is 3.52. The smallest absolute Gasteiger partial charge is 0.145 e. The van der Waals surface area contributed by atoms with E-state index in [0.717, 1.165) is 12.0 Å². The zero-order valence-corrected chi connectivity index (χ0v) is 14.7. The van der Waals surface area contributed by atoms with E-state index in [1.807, 2.05) is 18.2 Å². The Labute approximate surface area is 139 Å². The minimum absolute atomic E-state index is 0.0204. The Morgan fingerprint density at radius 2 is 1.76 bits per heavy atom. The number of rotatable bonds is 5. The minimum Gasteiger partial charge on any atom is -0.495 e. The van der Waals surface area contributed by atoms with Gasteiger partial charge in [-0.2, -0.15) is 0 Å². The summed E-state index contributed by atoms with van der Waals surface area (Å²) in [4.78, 5) is 0.0204. The molecule has 4 heteroatoms. The van der Waals surface area contributed by atoms with Crippen LogP contribution < -0.4 is 9.47 Å². The van der Waals surface area contributed by atoms with E-state index >= 15 is 0 Å². The van der Waals surface area contributed by atoms with E-state index < -0.39 is 0 Å². The molecule has 2 rings (SSSR count). The van der Waals surface area contributed by atoms with E-state index in [2.05, 4.69) is 41.1 Å². The summed E-state index contributed by atoms with van der Waals surface area (Å²) in [7, 11) is 3.22. The molecule has 0 spiro atoms. The predicted molar refractivity (Wildman–Crippen MR) is 91.1 cm³/mol. The number of aryl methyl sites for hydroxylation is 1. The SMILES string of the molecule is CCc1ccccc1C(Br)c1ccc(OC)c(Cl)c1OC. The normalized spacial score (nSPS) is 12.0. The van der Waals surface area contributed by atoms with Gasteiger partial charge in [0.05, 0.1) is 19.0 Å². The fourth-order valence-electron chi connectivity index (χ4n) is 2.39. The van der Waals surface area contributed by atoms with Gasteiger partial charge < -0.3 is 9.47 Å². The molecule has 0 amide bonds. The van der Waals surface area contributed by atoms with Crippen LogP contribution >= 0.6 is 27.5 Å². The standard InChI is InChI=1S/C17H18BrClO2/c1-4-11-7-5-6-8-12(11)15(18)13-9-10-14(20-2)16(19)17(13)21-3/h5-10,15H,4H2,1-3H3. The summed E-state index contributed by atoms with van der Waals surface area (Å²) < 4.78 is 10.7. The molecule has 0 aliphatic heterocycles. The number of hydrogen-bond acceptors (Lipinski definition) is 2. The van der Waals surface area contributed by atoms with E-state index in [-0.39, 0.29) is 4.83 Å². The Morgan fingerprint density at radius 3 is 2.38 bits per heavy atom. The Hall–Kier alpha value is -1.19. The molecule has 2 aromatic rings. The lowest BCUT2D eigenvalue weighted by Crippen LogP contribution is -2.01. The number of halogens is 2. The van der Waals surface area contributed by atoms with Crippen LogP contribution in [0, 0.1) is 0 Å². The van der Waals surface area contributed by atoms with Gasteiger partial charge in [-0.3, -0.25) is 0 Å². The van der Waals surface area contributed by atoms with Gasteiger partial charge in [-0.25, -0.2) is 0 Å². The van der Waals surface area contributed by atoms with Crippen LogP contribution in [0.1, 0.15) is 28.4 Å². The lowest BCUT2D eigenvalue weighted by molar-refractivity contribution is 0.392. The highest BCUT2D eigenvalue weighted by Gasteiger charge is 2.21. The van der Waals surface area contributed by atoms with Crippen molar-refractivity contribution in [1.29, 1.82) is 0 Å². The maximum absolute atomic E-state index is 6.35. The predicted octanol–water partition coefficient (Wildman–Crippen LogP) is 5.40. The van der Waals surface area contributed by atoms with Crippen molar-refractivity contribution in [2.24, 2.45) is 0 Å². The molecule has 0 saturated carbocycles. The van der Waals surface area contributed by atoms with Crippen molar-refractivity contribution >= 4 is 27.5 Å². The number of benzene rings is 2. The van der Waals surface area contributed by atoms with Crippen molar-refractivity contribution in [3.63, 3.8) is 0 Å². The second-order valence-corrected chi connectivity index (χ2v) is 5.91. The molecule has 1 unspecified atom stereocenters. The van der Waals surface area contributed by atoms with Crippen molar-refractivity contribution in [1.82, 2.24) is 0 Å². The maximum atomic E-state index is 6.35. The molecule has 2 nitrogen and oxygen atoms in total. The minimum atomic E-state index is 0.0204. The highest BCUT2D eigenvalue weighted by molar-refractivity contribution is 9.09. The summed E-state index contributed by atoms with van der Waals surface area (Å²) in [5.74, 6) is 1.25. The molecule has 0 saturated heterocycles. The van der Waals surface area contributed by atoms with Gasteiger partial charge in [0.25, 0.3) is 0 Å². The summed E-state index contributed by atoms with van der Waals surface area (Å²) in [5, 5.41) is 0.496. The first-order chi connectivity index (χ1) is 10.1. The molecule has 0 aliphatic rings. The molecular formula is C17H18BrClO2. The second kappa shape index (κ2) is 7.19. The van der Waals surface area contributed by atoms with E-state index in [1.54, 1.807) is 14.2 Å². The third kappa shape index (κ3) is 3.19. The zero-order valence-electron chi connectivity index (χ0n) is 12.3. The Balaban J connectivity index is 2.53. The molecule has 112 valence electrons. The van der Waals surface area contributed by atoms with Crippen molar-refractivity contribution in [3.8, 4) is 11.5 Å². The quantitative estimate of drug-likeness (QED) is 0.657. The number of hydrogen-bond donors (Lipinski definition) is 0. The molecule has 0 fully saturated rings. The molecular weight excluding hydrogens is 352 g/mol. The zero-order chi connectivity index (χ0) is 15.4. The number of alkyl halides is 1. The lowest BCUT2D eigenvalue weighted by Gasteiger charge is -2.19. The van der Waals surface area contributed by atoms with Crippen LogP contribution in [-0.2, 0) is 6.42 Å². The van der Waals surface area contributed by atoms with Gasteiger partial charge >= 0.3 is 0 Å². The van der Waals surface area contributed by atoms with Crippen LogP contribution in [0.2, 0.25) is 5.02 Å². The van der Waals surface area contributed by atoms with Crippen LogP contribution in [-0.4, -0.2) is 14.2 Å². The topological polar surface area (TPSA) is 18.5 Å². The summed E-state index contributed by atoms with van der Waals surface area (Å²) in [6.07, 6.45) is 0.977. The lowest BCUT2D eigenvalue weighted by atomic mass is 9.97. The fraction of sp³-hybridized carbons (Fsp3) is 0.294. The summed E-state index contributed by atoms with van der Waals surface area (Å²) in [6, 6.07) is 12.2. The first-order valence-electron chi connectivity index (χ1n) is 6.76. The van der Waals surface area contributed by atoms with Crippen molar-refractivity contribution in [2.75, 3.05) is 14.2 Å². The van der Waals surface area contributed by atoms with Crippen LogP contribution in [0.4, 0.5) is 0 Å². The molecule has 21 heavy (non-hydrogen) atoms. The van der Waals surface area contributed by atoms with E-state index in [4.69, 9.17) is 21.1 Å². The average molecular weight is 370 g/mol. The van der Waals surface area contributed by atoms with Gasteiger partial charge in [0.2, 0.25) is 0 Å². The summed E-state index contributed by atoms with van der Waals surface area (Å²) >= 11 is 10.1. The molecule has 2 aromatic carbocycles. The summed E-state index contributed by atoms with van der Waals surface area (Å²) in [6.45, 7) is 2.15. The summed E-state index contributed by atoms with van der Waals surface area (Å²) in [5.41, 5.74) is 3.51. The van der Waals surface area contributed by atoms with E-state index in [1.165, 1.54) is 11.1 Å². The van der Waals surface area contributed by atoms with Crippen LogP contribution in [0.25, 0.3) is 0 Å². The van der Waals surface area contributed by atoms with Crippen molar-refractivity contribution in [2.45, 2.75) is 18.2 Å². The van der Waals surface area contributed by atoms with Gasteiger partial charge in [-0.15, -0.1) is 0 Å². The highest BCUT2D eigenvalue weighted by Crippen LogP contribution is 2.44. The van der Waals surface area contributed by atoms with Gasteiger partial charge in [0, 0.05) is 5.56 Å². The van der Waals surface area contributed by atoms with Crippen molar-refractivity contribution in [3.05, 3.63) is 58.1 Å². The van der Waals surface area contributed by atoms with Gasteiger partial charge in [0.1, 0.15) is 16.5 Å². The molecule has 0 aromatic heterocycles. The van der Waals surface area contributed by atoms with Gasteiger partial charge in [-0.1, -0.05) is 64.8 Å². The van der Waals surface area contributed by atoms with Gasteiger partial charge in [-0.05, 0) is 23.6 Å². The largest absolute Gasteiger partial charge is 0.495 e. The molecule has 1 atom stereocenters. The monoisotopic (exact) mass is 368 g/mol. The second-order valence-electron chi connectivity index (χ2n) is 4.62.